The Bertz CT molecular complexity index is 444. The molecule has 0 radical (unpaired) electrons. The van der Waals surface area contributed by atoms with Crippen LogP contribution in [-0.2, 0) is 0 Å². The summed E-state index contributed by atoms with van der Waals surface area (Å²) in [5.74, 6) is -0.104. The van der Waals surface area contributed by atoms with Crippen LogP contribution in [0.1, 0.15) is 36.7 Å². The summed E-state index contributed by atoms with van der Waals surface area (Å²) in [5, 5.41) is 14.3. The predicted octanol–water partition coefficient (Wildman–Crippen LogP) is 1.56. The number of nitrogens with one attached hydrogen (secondary N) is 1. The molecular weight excluding hydrogens is 230 g/mol. The highest BCUT2D eigenvalue weighted by Crippen LogP contribution is 2.11. The number of benzene rings is 1. The minimum Gasteiger partial charge on any atom is -0.409 e. The molecule has 18 heavy (non-hydrogen) atoms. The normalized spacial score (nSPS) is 12.3. The van der Waals surface area contributed by atoms with Gasteiger partial charge in [-0.3, -0.25) is 4.79 Å². The van der Waals surface area contributed by atoms with Gasteiger partial charge in [0.25, 0.3) is 5.91 Å². The molecule has 0 fully saturated rings. The van der Waals surface area contributed by atoms with Crippen LogP contribution in [0.15, 0.2) is 29.4 Å². The third-order valence-corrected chi connectivity index (χ3v) is 2.33. The highest BCUT2D eigenvalue weighted by atomic mass is 16.4. The van der Waals surface area contributed by atoms with E-state index >= 15 is 0 Å². The summed E-state index contributed by atoms with van der Waals surface area (Å²) in [6.45, 7) is 6.76. The Kier molecular flexibility index (Phi) is 4.31. The fraction of sp³-hybridized carbons (Fsp3) is 0.385. The second-order valence-corrected chi connectivity index (χ2v) is 5.31. The van der Waals surface area contributed by atoms with Crippen molar-refractivity contribution in [3.8, 4) is 0 Å². The molecule has 5 nitrogen and oxygen atoms in total. The van der Waals surface area contributed by atoms with Crippen LogP contribution in [-0.4, -0.2) is 23.5 Å². The summed E-state index contributed by atoms with van der Waals surface area (Å²) in [5.41, 5.74) is 6.60. The van der Waals surface area contributed by atoms with E-state index in [0.717, 1.165) is 0 Å². The Morgan fingerprint density at radius 2 is 1.78 bits per heavy atom. The van der Waals surface area contributed by atoms with Gasteiger partial charge in [-0.2, -0.15) is 0 Å². The molecule has 0 aliphatic carbocycles. The second kappa shape index (κ2) is 5.53. The molecule has 0 aliphatic rings. The van der Waals surface area contributed by atoms with E-state index in [4.69, 9.17) is 10.9 Å². The zero-order chi connectivity index (χ0) is 13.8. The van der Waals surface area contributed by atoms with Crippen LogP contribution in [0.4, 0.5) is 0 Å². The monoisotopic (exact) mass is 249 g/mol. The van der Waals surface area contributed by atoms with Gasteiger partial charge in [-0.25, -0.2) is 0 Å². The molecular formula is C13H19N3O2. The van der Waals surface area contributed by atoms with Crippen molar-refractivity contribution < 1.29 is 10.0 Å². The van der Waals surface area contributed by atoms with Crippen LogP contribution in [0.5, 0.6) is 0 Å². The summed E-state index contributed by atoms with van der Waals surface area (Å²) in [4.78, 5) is 11.8. The molecule has 0 aromatic heterocycles. The van der Waals surface area contributed by atoms with Crippen molar-refractivity contribution in [3.63, 3.8) is 0 Å². The van der Waals surface area contributed by atoms with Gasteiger partial charge in [-0.15, -0.1) is 0 Å². The number of hydrogen-bond acceptors (Lipinski definition) is 3. The molecule has 5 heteroatoms. The topological polar surface area (TPSA) is 87.7 Å². The van der Waals surface area contributed by atoms with Crippen LogP contribution < -0.4 is 11.1 Å². The minimum absolute atomic E-state index is 0.0247. The standard InChI is InChI=1S/C13H19N3O2/c1-13(2,3)8-15-12(17)10-6-4-9(5-7-10)11(14)16-18/h4-7,18H,8H2,1-3H3,(H2,14,16)(H,15,17). The van der Waals surface area contributed by atoms with Crippen LogP contribution in [0.3, 0.4) is 0 Å². The molecule has 1 aromatic carbocycles. The number of oxime groups is 1. The maximum absolute atomic E-state index is 11.8. The van der Waals surface area contributed by atoms with Crippen molar-refractivity contribution >= 4 is 11.7 Å². The molecule has 0 spiro atoms. The van der Waals surface area contributed by atoms with Crippen molar-refractivity contribution in [2.45, 2.75) is 20.8 Å². The van der Waals surface area contributed by atoms with Gasteiger partial charge in [0.15, 0.2) is 5.84 Å². The molecule has 0 heterocycles. The number of carbonyl (C=O) groups excluding carboxylic acids is 1. The van der Waals surface area contributed by atoms with Crippen LogP contribution >= 0.6 is 0 Å². The Labute approximate surface area is 107 Å². The number of carbonyl (C=O) groups is 1. The Morgan fingerprint density at radius 1 is 1.28 bits per heavy atom. The van der Waals surface area contributed by atoms with E-state index in [1.807, 2.05) is 0 Å². The van der Waals surface area contributed by atoms with E-state index < -0.39 is 0 Å². The number of nitrogens with two attached hydrogens (primary N) is 1. The lowest BCUT2D eigenvalue weighted by molar-refractivity contribution is 0.0939. The van der Waals surface area contributed by atoms with Gasteiger partial charge < -0.3 is 16.3 Å². The summed E-state index contributed by atoms with van der Waals surface area (Å²) in [6, 6.07) is 6.57. The average molecular weight is 249 g/mol. The average Bonchev–Trinajstić information content (AvgIpc) is 2.34. The number of nitrogens with zero attached hydrogens (tertiary/aromatic N) is 1. The van der Waals surface area contributed by atoms with E-state index in [-0.39, 0.29) is 17.2 Å². The summed E-state index contributed by atoms with van der Waals surface area (Å²) < 4.78 is 0. The van der Waals surface area contributed by atoms with Gasteiger partial charge in [0, 0.05) is 17.7 Å². The Hall–Kier alpha value is -2.04. The van der Waals surface area contributed by atoms with Crippen molar-refractivity contribution in [1.82, 2.24) is 5.32 Å². The maximum Gasteiger partial charge on any atom is 0.251 e. The zero-order valence-electron chi connectivity index (χ0n) is 10.9. The first-order chi connectivity index (χ1) is 8.33. The molecule has 1 rings (SSSR count). The summed E-state index contributed by atoms with van der Waals surface area (Å²) in [6.07, 6.45) is 0. The van der Waals surface area contributed by atoms with Crippen LogP contribution in [0, 0.1) is 5.41 Å². The number of rotatable bonds is 3. The maximum atomic E-state index is 11.8. The highest BCUT2D eigenvalue weighted by molar-refractivity contribution is 5.99. The number of hydrogen-bond donors (Lipinski definition) is 3. The Balaban J connectivity index is 2.71. The van der Waals surface area contributed by atoms with Gasteiger partial charge in [-0.1, -0.05) is 38.1 Å². The molecule has 0 bridgehead atoms. The van der Waals surface area contributed by atoms with Gasteiger partial charge >= 0.3 is 0 Å². The summed E-state index contributed by atoms with van der Waals surface area (Å²) >= 11 is 0. The number of amides is 1. The molecule has 98 valence electrons. The van der Waals surface area contributed by atoms with E-state index in [9.17, 15) is 4.79 Å². The molecule has 0 unspecified atom stereocenters. The lowest BCUT2D eigenvalue weighted by Crippen LogP contribution is -2.32. The third-order valence-electron chi connectivity index (χ3n) is 2.33. The molecule has 0 saturated heterocycles. The molecule has 0 aliphatic heterocycles. The van der Waals surface area contributed by atoms with E-state index in [0.29, 0.717) is 17.7 Å². The van der Waals surface area contributed by atoms with Gasteiger partial charge in [-0.05, 0) is 17.5 Å². The largest absolute Gasteiger partial charge is 0.409 e. The third kappa shape index (κ3) is 4.08. The first kappa shape index (κ1) is 14.0. The van der Waals surface area contributed by atoms with Crippen molar-refractivity contribution in [2.75, 3.05) is 6.54 Å². The second-order valence-electron chi connectivity index (χ2n) is 5.31. The summed E-state index contributed by atoms with van der Waals surface area (Å²) in [7, 11) is 0. The highest BCUT2D eigenvalue weighted by Gasteiger charge is 2.13. The van der Waals surface area contributed by atoms with Gasteiger partial charge in [0.05, 0.1) is 0 Å². The SMILES string of the molecule is CC(C)(C)CNC(=O)c1ccc(C(N)=NO)cc1. The molecule has 1 amide bonds. The first-order valence-corrected chi connectivity index (χ1v) is 5.69. The van der Waals surface area contributed by atoms with Crippen molar-refractivity contribution in [1.29, 1.82) is 0 Å². The lowest BCUT2D eigenvalue weighted by Gasteiger charge is -2.18. The lowest BCUT2D eigenvalue weighted by atomic mass is 9.97. The minimum atomic E-state index is -0.129. The van der Waals surface area contributed by atoms with Crippen molar-refractivity contribution in [2.24, 2.45) is 16.3 Å². The number of amidine groups is 1. The van der Waals surface area contributed by atoms with Gasteiger partial charge in [0.2, 0.25) is 0 Å². The zero-order valence-corrected chi connectivity index (χ0v) is 10.9. The molecule has 1 aromatic rings. The predicted molar refractivity (Wildman–Crippen MR) is 70.7 cm³/mol. The first-order valence-electron chi connectivity index (χ1n) is 5.69. The van der Waals surface area contributed by atoms with E-state index in [1.54, 1.807) is 24.3 Å². The fourth-order valence-electron chi connectivity index (χ4n) is 1.30. The quantitative estimate of drug-likeness (QED) is 0.329. The molecule has 0 saturated carbocycles. The van der Waals surface area contributed by atoms with E-state index in [2.05, 4.69) is 31.2 Å². The Morgan fingerprint density at radius 3 is 2.22 bits per heavy atom. The molecule has 0 atom stereocenters. The van der Waals surface area contributed by atoms with Crippen molar-refractivity contribution in [3.05, 3.63) is 35.4 Å². The molecule has 4 N–H and O–H groups in total. The van der Waals surface area contributed by atoms with E-state index in [1.165, 1.54) is 0 Å². The van der Waals surface area contributed by atoms with Crippen LogP contribution in [0.25, 0.3) is 0 Å². The van der Waals surface area contributed by atoms with Gasteiger partial charge in [0.1, 0.15) is 0 Å². The fourth-order valence-corrected chi connectivity index (χ4v) is 1.30. The smallest absolute Gasteiger partial charge is 0.251 e. The van der Waals surface area contributed by atoms with Crippen LogP contribution in [0.2, 0.25) is 0 Å².